The van der Waals surface area contributed by atoms with E-state index in [0.29, 0.717) is 6.54 Å². The quantitative estimate of drug-likeness (QED) is 0.429. The molecule has 3 heterocycles. The van der Waals surface area contributed by atoms with Crippen LogP contribution in [-0.4, -0.2) is 74.8 Å². The molecular formula is C27H33N5O3. The standard InChI is InChI=1S/C27H33N5O3/c1-18-7-6-8-22-25(18)21(15-28-22)19(2)32-24-10-5-4-9-23(24)31(27(32)35)17-20(26(33)34)16-30-13-11-29(3)12-14-30/h4-10,15,19-20,28H,11-14,16-17H2,1-3H3,(H,33,34). The number of carboxylic acids is 1. The summed E-state index contributed by atoms with van der Waals surface area (Å²) in [6, 6.07) is 13.6. The van der Waals surface area contributed by atoms with Crippen LogP contribution in [0.3, 0.4) is 0 Å². The molecule has 8 nitrogen and oxygen atoms in total. The molecule has 0 bridgehead atoms. The van der Waals surface area contributed by atoms with Crippen LogP contribution < -0.4 is 5.69 Å². The molecule has 1 saturated heterocycles. The highest BCUT2D eigenvalue weighted by Gasteiger charge is 2.27. The van der Waals surface area contributed by atoms with E-state index in [2.05, 4.69) is 34.8 Å². The van der Waals surface area contributed by atoms with E-state index in [1.165, 1.54) is 0 Å². The zero-order valence-corrected chi connectivity index (χ0v) is 20.6. The molecule has 0 aliphatic carbocycles. The van der Waals surface area contributed by atoms with Crippen molar-refractivity contribution in [3.63, 3.8) is 0 Å². The number of H-pyrrole nitrogens is 1. The van der Waals surface area contributed by atoms with Crippen molar-refractivity contribution in [2.75, 3.05) is 39.8 Å². The summed E-state index contributed by atoms with van der Waals surface area (Å²) in [4.78, 5) is 33.9. The van der Waals surface area contributed by atoms with Crippen LogP contribution in [0.15, 0.2) is 53.5 Å². The first-order valence-corrected chi connectivity index (χ1v) is 12.2. The van der Waals surface area contributed by atoms with Crippen molar-refractivity contribution < 1.29 is 9.90 Å². The summed E-state index contributed by atoms with van der Waals surface area (Å²) in [5.41, 5.74) is 4.66. The highest BCUT2D eigenvalue weighted by atomic mass is 16.4. The molecule has 184 valence electrons. The van der Waals surface area contributed by atoms with Crippen molar-refractivity contribution in [3.05, 3.63) is 70.3 Å². The third kappa shape index (κ3) is 4.28. The largest absolute Gasteiger partial charge is 0.481 e. The molecule has 0 spiro atoms. The van der Waals surface area contributed by atoms with Gasteiger partial charge in [0.1, 0.15) is 0 Å². The van der Waals surface area contributed by atoms with E-state index in [0.717, 1.165) is 59.2 Å². The van der Waals surface area contributed by atoms with Gasteiger partial charge in [-0.25, -0.2) is 4.79 Å². The molecule has 5 rings (SSSR count). The van der Waals surface area contributed by atoms with Gasteiger partial charge >= 0.3 is 11.7 Å². The third-order valence-electron chi connectivity index (χ3n) is 7.48. The van der Waals surface area contributed by atoms with Gasteiger partial charge in [-0.15, -0.1) is 0 Å². The summed E-state index contributed by atoms with van der Waals surface area (Å²) in [6.45, 7) is 8.22. The lowest BCUT2D eigenvalue weighted by atomic mass is 10.0. The highest BCUT2D eigenvalue weighted by Crippen LogP contribution is 2.30. The SMILES string of the molecule is Cc1cccc2[nH]cc(C(C)n3c(=O)n(CC(CN4CCN(C)CC4)C(=O)O)c4ccccc43)c12. The fourth-order valence-corrected chi connectivity index (χ4v) is 5.43. The highest BCUT2D eigenvalue weighted by molar-refractivity contribution is 5.87. The Morgan fingerprint density at radius 2 is 1.74 bits per heavy atom. The van der Waals surface area contributed by atoms with Crippen LogP contribution in [0.4, 0.5) is 0 Å². The molecule has 2 atom stereocenters. The summed E-state index contributed by atoms with van der Waals surface area (Å²) < 4.78 is 3.46. The van der Waals surface area contributed by atoms with Gasteiger partial charge in [0.2, 0.25) is 0 Å². The summed E-state index contributed by atoms with van der Waals surface area (Å²) in [7, 11) is 2.08. The Morgan fingerprint density at radius 3 is 2.46 bits per heavy atom. The Morgan fingerprint density at radius 1 is 1.03 bits per heavy atom. The normalized spacial score (nSPS) is 17.2. The zero-order chi connectivity index (χ0) is 24.7. The molecule has 2 aromatic carbocycles. The number of piperazine rings is 1. The third-order valence-corrected chi connectivity index (χ3v) is 7.48. The number of aryl methyl sites for hydroxylation is 1. The molecule has 1 aliphatic heterocycles. The second-order valence-electron chi connectivity index (χ2n) is 9.81. The monoisotopic (exact) mass is 475 g/mol. The number of nitrogens with one attached hydrogen (secondary N) is 1. The number of hydrogen-bond acceptors (Lipinski definition) is 4. The van der Waals surface area contributed by atoms with Crippen LogP contribution in [-0.2, 0) is 11.3 Å². The first kappa shape index (κ1) is 23.4. The summed E-state index contributed by atoms with van der Waals surface area (Å²) in [5.74, 6) is -1.53. The van der Waals surface area contributed by atoms with Gasteiger partial charge in [-0.2, -0.15) is 0 Å². The molecule has 0 saturated carbocycles. The summed E-state index contributed by atoms with van der Waals surface area (Å²) >= 11 is 0. The maximum absolute atomic E-state index is 13.8. The number of aromatic amines is 1. The number of carboxylic acid groups (broad SMARTS) is 1. The van der Waals surface area contributed by atoms with Gasteiger partial charge in [0.15, 0.2) is 0 Å². The van der Waals surface area contributed by atoms with Crippen molar-refractivity contribution in [3.8, 4) is 0 Å². The molecule has 2 unspecified atom stereocenters. The molecule has 2 N–H and O–H groups in total. The first-order valence-electron chi connectivity index (χ1n) is 12.2. The van der Waals surface area contributed by atoms with Crippen LogP contribution >= 0.6 is 0 Å². The van der Waals surface area contributed by atoms with Gasteiger partial charge in [0.05, 0.1) is 23.0 Å². The Hall–Kier alpha value is -3.36. The first-order chi connectivity index (χ1) is 16.8. The maximum atomic E-state index is 13.8. The predicted octanol–water partition coefficient (Wildman–Crippen LogP) is 3.15. The predicted molar refractivity (Wildman–Crippen MR) is 138 cm³/mol. The number of carbonyl (C=O) groups is 1. The molecule has 2 aromatic heterocycles. The zero-order valence-electron chi connectivity index (χ0n) is 20.6. The van der Waals surface area contributed by atoms with Crippen LogP contribution in [0.1, 0.15) is 24.1 Å². The van der Waals surface area contributed by atoms with Gasteiger partial charge < -0.3 is 15.0 Å². The van der Waals surface area contributed by atoms with E-state index in [9.17, 15) is 14.7 Å². The van der Waals surface area contributed by atoms with Crippen molar-refractivity contribution in [1.29, 1.82) is 0 Å². The van der Waals surface area contributed by atoms with Gasteiger partial charge in [0.25, 0.3) is 0 Å². The van der Waals surface area contributed by atoms with Crippen molar-refractivity contribution in [1.82, 2.24) is 23.9 Å². The number of rotatable bonds is 7. The van der Waals surface area contributed by atoms with Crippen LogP contribution in [0, 0.1) is 12.8 Å². The minimum atomic E-state index is -0.868. The van der Waals surface area contributed by atoms with E-state index in [1.54, 1.807) is 9.13 Å². The molecule has 8 heteroatoms. The van der Waals surface area contributed by atoms with E-state index in [-0.39, 0.29) is 18.3 Å². The smallest absolute Gasteiger partial charge is 0.329 e. The van der Waals surface area contributed by atoms with E-state index in [4.69, 9.17) is 0 Å². The van der Waals surface area contributed by atoms with Crippen LogP contribution in [0.2, 0.25) is 0 Å². The Kier molecular flexibility index (Phi) is 6.25. The number of para-hydroxylation sites is 2. The van der Waals surface area contributed by atoms with Gasteiger partial charge in [-0.1, -0.05) is 24.3 Å². The maximum Gasteiger partial charge on any atom is 0.329 e. The lowest BCUT2D eigenvalue weighted by Gasteiger charge is -2.33. The van der Waals surface area contributed by atoms with E-state index >= 15 is 0 Å². The minimum Gasteiger partial charge on any atom is -0.481 e. The number of benzene rings is 2. The topological polar surface area (TPSA) is 86.5 Å². The molecular weight excluding hydrogens is 442 g/mol. The number of likely N-dealkylation sites (N-methyl/N-ethyl adjacent to an activating group) is 1. The fraction of sp³-hybridized carbons (Fsp3) is 0.407. The second-order valence-corrected chi connectivity index (χ2v) is 9.81. The molecule has 35 heavy (non-hydrogen) atoms. The van der Waals surface area contributed by atoms with Crippen molar-refractivity contribution >= 4 is 27.9 Å². The Labute approximate surface area is 204 Å². The van der Waals surface area contributed by atoms with Crippen molar-refractivity contribution in [2.45, 2.75) is 26.4 Å². The fourth-order valence-electron chi connectivity index (χ4n) is 5.43. The number of aromatic nitrogens is 3. The summed E-state index contributed by atoms with van der Waals surface area (Å²) in [5, 5.41) is 11.2. The second kappa shape index (κ2) is 9.36. The number of hydrogen-bond donors (Lipinski definition) is 2. The van der Waals surface area contributed by atoms with Gasteiger partial charge in [-0.05, 0) is 44.7 Å². The van der Waals surface area contributed by atoms with Gasteiger partial charge in [-0.3, -0.25) is 18.8 Å². The van der Waals surface area contributed by atoms with Crippen LogP contribution in [0.5, 0.6) is 0 Å². The Balaban J connectivity index is 1.53. The number of aliphatic carboxylic acids is 1. The average Bonchev–Trinajstić information content (AvgIpc) is 3.40. The molecule has 1 fully saturated rings. The minimum absolute atomic E-state index is 0.146. The molecule has 0 amide bonds. The number of imidazole rings is 1. The summed E-state index contributed by atoms with van der Waals surface area (Å²) in [6.07, 6.45) is 1.98. The molecule has 1 aliphatic rings. The van der Waals surface area contributed by atoms with Crippen LogP contribution in [0.25, 0.3) is 21.9 Å². The lowest BCUT2D eigenvalue weighted by Crippen LogP contribution is -2.47. The number of nitrogens with zero attached hydrogens (tertiary/aromatic N) is 4. The lowest BCUT2D eigenvalue weighted by molar-refractivity contribution is -0.143. The van der Waals surface area contributed by atoms with Gasteiger partial charge in [0, 0.05) is 61.9 Å². The van der Waals surface area contributed by atoms with E-state index < -0.39 is 11.9 Å². The average molecular weight is 476 g/mol. The van der Waals surface area contributed by atoms with Crippen molar-refractivity contribution in [2.24, 2.45) is 5.92 Å². The molecule has 4 aromatic rings. The van der Waals surface area contributed by atoms with E-state index in [1.807, 2.05) is 49.5 Å². The Bertz CT molecular complexity index is 1420. The molecule has 0 radical (unpaired) electrons. The number of fused-ring (bicyclic) bond motifs is 2.